The number of hydrogen-bond donors (Lipinski definition) is 2. The van der Waals surface area contributed by atoms with Crippen LogP contribution in [-0.2, 0) is 10.0 Å². The minimum atomic E-state index is -3.86. The van der Waals surface area contributed by atoms with Crippen molar-refractivity contribution in [3.8, 4) is 6.07 Å². The van der Waals surface area contributed by atoms with E-state index in [0.717, 1.165) is 0 Å². The van der Waals surface area contributed by atoms with Gasteiger partial charge in [-0.2, -0.15) is 5.26 Å². The molecule has 0 aromatic heterocycles. The molecule has 20 heavy (non-hydrogen) atoms. The van der Waals surface area contributed by atoms with Gasteiger partial charge in [-0.05, 0) is 30.3 Å². The van der Waals surface area contributed by atoms with Crippen LogP contribution < -0.4 is 10.5 Å². The lowest BCUT2D eigenvalue weighted by molar-refractivity contribution is 0.601. The average molecular weight is 308 g/mol. The highest BCUT2D eigenvalue weighted by Crippen LogP contribution is 2.25. The van der Waals surface area contributed by atoms with Gasteiger partial charge in [-0.1, -0.05) is 23.7 Å². The van der Waals surface area contributed by atoms with E-state index in [1.807, 2.05) is 6.07 Å². The molecular weight excluding hydrogens is 298 g/mol. The maximum absolute atomic E-state index is 12.2. The largest absolute Gasteiger partial charge is 0.398 e. The Bertz CT molecular complexity index is 798. The fraction of sp³-hybridized carbons (Fsp3) is 0. The van der Waals surface area contributed by atoms with Crippen molar-refractivity contribution >= 4 is 33.0 Å². The molecule has 0 aliphatic carbocycles. The molecule has 0 saturated heterocycles. The highest BCUT2D eigenvalue weighted by Gasteiger charge is 2.18. The summed E-state index contributed by atoms with van der Waals surface area (Å²) in [6, 6.07) is 12.2. The Morgan fingerprint density at radius 2 is 1.90 bits per heavy atom. The molecule has 0 saturated carbocycles. The van der Waals surface area contributed by atoms with Crippen LogP contribution >= 0.6 is 11.6 Å². The van der Waals surface area contributed by atoms with E-state index in [1.165, 1.54) is 30.3 Å². The van der Waals surface area contributed by atoms with Gasteiger partial charge in [0.05, 0.1) is 22.0 Å². The van der Waals surface area contributed by atoms with Gasteiger partial charge >= 0.3 is 0 Å². The average Bonchev–Trinajstić information content (AvgIpc) is 2.42. The molecule has 7 heteroatoms. The Kier molecular flexibility index (Phi) is 3.84. The van der Waals surface area contributed by atoms with Gasteiger partial charge in [-0.3, -0.25) is 4.72 Å². The smallest absolute Gasteiger partial charge is 0.263 e. The molecule has 0 spiro atoms. The van der Waals surface area contributed by atoms with E-state index >= 15 is 0 Å². The number of nitrogen functional groups attached to an aromatic ring is 1. The quantitative estimate of drug-likeness (QED) is 0.852. The molecule has 0 radical (unpaired) electrons. The summed E-state index contributed by atoms with van der Waals surface area (Å²) in [6.07, 6.45) is 0. The Morgan fingerprint density at radius 1 is 1.20 bits per heavy atom. The molecule has 3 N–H and O–H groups in total. The summed E-state index contributed by atoms with van der Waals surface area (Å²) in [4.78, 5) is -0.0875. The van der Waals surface area contributed by atoms with E-state index in [4.69, 9.17) is 22.6 Å². The Balaban J connectivity index is 2.41. The van der Waals surface area contributed by atoms with Crippen LogP contribution in [0.2, 0.25) is 5.02 Å². The molecule has 0 aliphatic heterocycles. The van der Waals surface area contributed by atoms with Gasteiger partial charge in [0, 0.05) is 0 Å². The number of hydrogen-bond acceptors (Lipinski definition) is 4. The summed E-state index contributed by atoms with van der Waals surface area (Å²) >= 11 is 5.84. The molecule has 2 aromatic rings. The molecule has 0 atom stereocenters. The van der Waals surface area contributed by atoms with Gasteiger partial charge in [0.2, 0.25) is 0 Å². The first-order chi connectivity index (χ1) is 9.44. The molecular formula is C13H10ClN3O2S. The van der Waals surface area contributed by atoms with E-state index in [0.29, 0.717) is 5.69 Å². The predicted octanol–water partition coefficient (Wildman–Crippen LogP) is 2.59. The van der Waals surface area contributed by atoms with Crippen LogP contribution in [0.1, 0.15) is 5.56 Å². The third kappa shape index (κ3) is 2.85. The Hall–Kier alpha value is -2.23. The molecule has 0 fully saturated rings. The van der Waals surface area contributed by atoms with Crippen molar-refractivity contribution in [3.63, 3.8) is 0 Å². The lowest BCUT2D eigenvalue weighted by atomic mass is 10.2. The lowest BCUT2D eigenvalue weighted by Gasteiger charge is -2.10. The minimum Gasteiger partial charge on any atom is -0.398 e. The van der Waals surface area contributed by atoms with Crippen molar-refractivity contribution in [2.24, 2.45) is 0 Å². The van der Waals surface area contributed by atoms with Crippen molar-refractivity contribution in [1.29, 1.82) is 5.26 Å². The predicted molar refractivity (Wildman–Crippen MR) is 77.8 cm³/mol. The molecule has 0 aliphatic rings. The zero-order valence-electron chi connectivity index (χ0n) is 10.2. The van der Waals surface area contributed by atoms with Gasteiger partial charge in [0.1, 0.15) is 11.0 Å². The maximum Gasteiger partial charge on any atom is 0.263 e. The monoisotopic (exact) mass is 307 g/mol. The number of benzene rings is 2. The van der Waals surface area contributed by atoms with Crippen LogP contribution in [-0.4, -0.2) is 8.42 Å². The standard InChI is InChI=1S/C13H10ClN3O2S/c14-11-7-10(5-6-12(11)16)17-20(18,19)13-4-2-1-3-9(13)8-15/h1-7,17H,16H2. The molecule has 2 aromatic carbocycles. The molecule has 2 rings (SSSR count). The topological polar surface area (TPSA) is 96.0 Å². The van der Waals surface area contributed by atoms with Crippen LogP contribution in [0.15, 0.2) is 47.4 Å². The van der Waals surface area contributed by atoms with Crippen molar-refractivity contribution in [3.05, 3.63) is 53.1 Å². The van der Waals surface area contributed by atoms with E-state index in [9.17, 15) is 8.42 Å². The second-order valence-corrected chi connectivity index (χ2v) is 6.01. The van der Waals surface area contributed by atoms with Gasteiger partial charge in [-0.25, -0.2) is 8.42 Å². The van der Waals surface area contributed by atoms with Crippen molar-refractivity contribution in [1.82, 2.24) is 0 Å². The van der Waals surface area contributed by atoms with Crippen LogP contribution in [0.3, 0.4) is 0 Å². The summed E-state index contributed by atoms with van der Waals surface area (Å²) in [7, 11) is -3.86. The number of nitrogens with two attached hydrogens (primary N) is 1. The summed E-state index contributed by atoms with van der Waals surface area (Å²) in [5.41, 5.74) is 6.26. The van der Waals surface area contributed by atoms with Crippen LogP contribution in [0, 0.1) is 11.3 Å². The SMILES string of the molecule is N#Cc1ccccc1S(=O)(=O)Nc1ccc(N)c(Cl)c1. The number of nitriles is 1. The van der Waals surface area contributed by atoms with Crippen LogP contribution in [0.4, 0.5) is 11.4 Å². The molecule has 0 amide bonds. The first-order valence-corrected chi connectivity index (χ1v) is 7.37. The van der Waals surface area contributed by atoms with Gasteiger partial charge < -0.3 is 5.73 Å². The van der Waals surface area contributed by atoms with Gasteiger partial charge in [0.15, 0.2) is 0 Å². The zero-order chi connectivity index (χ0) is 14.8. The van der Waals surface area contributed by atoms with Crippen molar-refractivity contribution in [2.75, 3.05) is 10.5 Å². The fourth-order valence-corrected chi connectivity index (χ4v) is 2.98. The minimum absolute atomic E-state index is 0.0709. The van der Waals surface area contributed by atoms with E-state index < -0.39 is 10.0 Å². The Labute approximate surface area is 121 Å². The van der Waals surface area contributed by atoms with Gasteiger partial charge in [0.25, 0.3) is 10.0 Å². The van der Waals surface area contributed by atoms with Crippen molar-refractivity contribution < 1.29 is 8.42 Å². The van der Waals surface area contributed by atoms with E-state index in [2.05, 4.69) is 4.72 Å². The first-order valence-electron chi connectivity index (χ1n) is 5.51. The third-order valence-electron chi connectivity index (χ3n) is 2.55. The summed E-state index contributed by atoms with van der Waals surface area (Å²) in [5, 5.41) is 9.20. The summed E-state index contributed by atoms with van der Waals surface area (Å²) < 4.78 is 26.8. The van der Waals surface area contributed by atoms with Crippen LogP contribution in [0.25, 0.3) is 0 Å². The normalized spacial score (nSPS) is 10.8. The molecule has 102 valence electrons. The molecule has 0 bridgehead atoms. The fourth-order valence-electron chi connectivity index (χ4n) is 1.59. The molecule has 0 unspecified atom stereocenters. The van der Waals surface area contributed by atoms with Crippen molar-refractivity contribution in [2.45, 2.75) is 4.90 Å². The summed E-state index contributed by atoms with van der Waals surface area (Å²) in [5.74, 6) is 0. The van der Waals surface area contributed by atoms with E-state index in [-0.39, 0.29) is 21.2 Å². The highest BCUT2D eigenvalue weighted by molar-refractivity contribution is 7.92. The second-order valence-electron chi connectivity index (χ2n) is 3.95. The number of rotatable bonds is 3. The van der Waals surface area contributed by atoms with Gasteiger partial charge in [-0.15, -0.1) is 0 Å². The number of nitrogens with zero attached hydrogens (tertiary/aromatic N) is 1. The highest BCUT2D eigenvalue weighted by atomic mass is 35.5. The molecule has 5 nitrogen and oxygen atoms in total. The zero-order valence-corrected chi connectivity index (χ0v) is 11.7. The number of anilines is 2. The number of halogens is 1. The number of sulfonamides is 1. The first kappa shape index (κ1) is 14.2. The van der Waals surface area contributed by atoms with E-state index in [1.54, 1.807) is 12.1 Å². The van der Waals surface area contributed by atoms with Crippen LogP contribution in [0.5, 0.6) is 0 Å². The maximum atomic E-state index is 12.2. The molecule has 0 heterocycles. The second kappa shape index (κ2) is 5.41. The third-order valence-corrected chi connectivity index (χ3v) is 4.32. The Morgan fingerprint density at radius 3 is 2.55 bits per heavy atom. The summed E-state index contributed by atoms with van der Waals surface area (Å²) in [6.45, 7) is 0. The lowest BCUT2D eigenvalue weighted by Crippen LogP contribution is -2.14. The number of nitrogens with one attached hydrogen (secondary N) is 1.